The average Bonchev–Trinajstić information content (AvgIpc) is 3.18. The summed E-state index contributed by atoms with van der Waals surface area (Å²) in [7, 11) is -3.33. The van der Waals surface area contributed by atoms with Crippen molar-refractivity contribution in [2.45, 2.75) is 24.0 Å². The lowest BCUT2D eigenvalue weighted by atomic mass is 9.93. The molecule has 1 aromatic heterocycles. The summed E-state index contributed by atoms with van der Waals surface area (Å²) in [5.74, 6) is -2.06. The zero-order valence-electron chi connectivity index (χ0n) is 10.8. The molecule has 0 bridgehead atoms. The van der Waals surface area contributed by atoms with Crippen LogP contribution in [0.2, 0.25) is 0 Å². The molecule has 1 saturated heterocycles. The van der Waals surface area contributed by atoms with E-state index in [0.29, 0.717) is 18.5 Å². The summed E-state index contributed by atoms with van der Waals surface area (Å²) in [6.07, 6.45) is 2.97. The van der Waals surface area contributed by atoms with Gasteiger partial charge in [0.2, 0.25) is 10.0 Å². The van der Waals surface area contributed by atoms with Gasteiger partial charge in [-0.1, -0.05) is 6.07 Å². The number of carboxylic acid groups (broad SMARTS) is 1. The van der Waals surface area contributed by atoms with Crippen molar-refractivity contribution in [1.29, 1.82) is 0 Å². The van der Waals surface area contributed by atoms with Crippen LogP contribution in [0.5, 0.6) is 0 Å². The Balaban J connectivity index is 1.88. The number of pyridine rings is 1. The van der Waals surface area contributed by atoms with E-state index < -0.39 is 21.9 Å². The monoisotopic (exact) mass is 296 g/mol. The molecule has 108 valence electrons. The summed E-state index contributed by atoms with van der Waals surface area (Å²) in [5, 5.41) is 9.03. The van der Waals surface area contributed by atoms with Crippen molar-refractivity contribution >= 4 is 16.0 Å². The molecule has 0 aromatic carbocycles. The Morgan fingerprint density at radius 2 is 2.05 bits per heavy atom. The van der Waals surface area contributed by atoms with Crippen LogP contribution in [0.15, 0.2) is 24.4 Å². The Kier molecular flexibility index (Phi) is 3.25. The first kappa shape index (κ1) is 13.5. The lowest BCUT2D eigenvalue weighted by Crippen LogP contribution is -2.32. The molecular weight excluding hydrogens is 280 g/mol. The van der Waals surface area contributed by atoms with Crippen molar-refractivity contribution in [3.05, 3.63) is 30.1 Å². The Hall–Kier alpha value is -1.47. The van der Waals surface area contributed by atoms with Gasteiger partial charge in [0.1, 0.15) is 0 Å². The highest BCUT2D eigenvalue weighted by atomic mass is 32.2. The molecule has 7 heteroatoms. The Morgan fingerprint density at radius 1 is 1.30 bits per heavy atom. The molecule has 0 radical (unpaired) electrons. The third-order valence-electron chi connectivity index (χ3n) is 3.98. The average molecular weight is 296 g/mol. The molecule has 1 saturated carbocycles. The van der Waals surface area contributed by atoms with E-state index in [1.54, 1.807) is 24.4 Å². The first-order valence-corrected chi connectivity index (χ1v) is 8.13. The molecule has 1 aliphatic carbocycles. The van der Waals surface area contributed by atoms with Crippen molar-refractivity contribution in [3.8, 4) is 0 Å². The smallest absolute Gasteiger partial charge is 0.308 e. The molecule has 3 rings (SSSR count). The fraction of sp³-hybridized carbons (Fsp3) is 0.538. The molecule has 2 atom stereocenters. The second-order valence-electron chi connectivity index (χ2n) is 5.37. The molecular formula is C13H16N2O4S. The van der Waals surface area contributed by atoms with Crippen LogP contribution in [0.25, 0.3) is 0 Å². The summed E-state index contributed by atoms with van der Waals surface area (Å²) in [6.45, 7) is 0.266. The lowest BCUT2D eigenvalue weighted by Gasteiger charge is -2.15. The van der Waals surface area contributed by atoms with Crippen LogP contribution in [-0.4, -0.2) is 47.1 Å². The third-order valence-corrected chi connectivity index (χ3v) is 6.31. The second-order valence-corrected chi connectivity index (χ2v) is 7.58. The largest absolute Gasteiger partial charge is 0.481 e. The molecule has 6 nitrogen and oxygen atoms in total. The van der Waals surface area contributed by atoms with Crippen LogP contribution in [0.3, 0.4) is 0 Å². The van der Waals surface area contributed by atoms with Gasteiger partial charge in [-0.3, -0.25) is 9.78 Å². The second kappa shape index (κ2) is 4.82. The van der Waals surface area contributed by atoms with Gasteiger partial charge in [0.05, 0.1) is 11.2 Å². The summed E-state index contributed by atoms with van der Waals surface area (Å²) >= 11 is 0. The van der Waals surface area contributed by atoms with E-state index in [9.17, 15) is 18.3 Å². The van der Waals surface area contributed by atoms with E-state index in [2.05, 4.69) is 4.98 Å². The van der Waals surface area contributed by atoms with E-state index in [1.807, 2.05) is 0 Å². The highest BCUT2D eigenvalue weighted by molar-refractivity contribution is 7.90. The molecule has 2 aliphatic rings. The molecule has 20 heavy (non-hydrogen) atoms. The Bertz CT molecular complexity index is 613. The van der Waals surface area contributed by atoms with Gasteiger partial charge in [0, 0.05) is 30.9 Å². The number of rotatable bonds is 4. The van der Waals surface area contributed by atoms with Gasteiger partial charge in [0.25, 0.3) is 0 Å². The zero-order chi connectivity index (χ0) is 14.3. The maximum atomic E-state index is 12.3. The summed E-state index contributed by atoms with van der Waals surface area (Å²) in [4.78, 5) is 15.6. The topological polar surface area (TPSA) is 87.6 Å². The molecule has 1 aliphatic heterocycles. The number of nitrogens with zero attached hydrogens (tertiary/aromatic N) is 2. The molecule has 0 spiro atoms. The van der Waals surface area contributed by atoms with Gasteiger partial charge in [-0.2, -0.15) is 0 Å². The highest BCUT2D eigenvalue weighted by Gasteiger charge is 2.48. The van der Waals surface area contributed by atoms with Crippen molar-refractivity contribution in [1.82, 2.24) is 9.29 Å². The zero-order valence-corrected chi connectivity index (χ0v) is 11.7. The number of hydrogen-bond acceptors (Lipinski definition) is 4. The summed E-state index contributed by atoms with van der Waals surface area (Å²) in [5.41, 5.74) is 0.647. The fourth-order valence-corrected chi connectivity index (χ4v) is 4.59. The molecule has 1 aromatic rings. The number of carbonyl (C=O) groups is 1. The normalized spacial score (nSPS) is 27.6. The van der Waals surface area contributed by atoms with E-state index in [-0.39, 0.29) is 24.3 Å². The minimum Gasteiger partial charge on any atom is -0.481 e. The number of aromatic nitrogens is 1. The van der Waals surface area contributed by atoms with Crippen molar-refractivity contribution in [3.63, 3.8) is 0 Å². The van der Waals surface area contributed by atoms with Crippen LogP contribution in [0.4, 0.5) is 0 Å². The standard InChI is InChI=1S/C13H16N2O4S/c16-13(17)11-8-15(20(18,19)9-4-5-9)7-10(11)12-3-1-2-6-14-12/h1-3,6,9-11H,4-5,7-8H2,(H,16,17)/t10-,11-/m1/s1. The molecule has 2 fully saturated rings. The number of carboxylic acids is 1. The van der Waals surface area contributed by atoms with E-state index in [0.717, 1.165) is 0 Å². The van der Waals surface area contributed by atoms with Crippen molar-refractivity contribution in [2.75, 3.05) is 13.1 Å². The number of hydrogen-bond donors (Lipinski definition) is 1. The number of sulfonamides is 1. The first-order valence-electron chi connectivity index (χ1n) is 6.63. The lowest BCUT2D eigenvalue weighted by molar-refractivity contribution is -0.141. The maximum absolute atomic E-state index is 12.3. The molecule has 2 heterocycles. The van der Waals surface area contributed by atoms with Gasteiger partial charge in [-0.25, -0.2) is 12.7 Å². The van der Waals surface area contributed by atoms with Crippen LogP contribution in [-0.2, 0) is 14.8 Å². The molecule has 0 amide bonds. The SMILES string of the molecule is O=C(O)[C@@H]1CN(S(=O)(=O)C2CC2)C[C@H]1c1ccccn1. The van der Waals surface area contributed by atoms with E-state index >= 15 is 0 Å². The first-order chi connectivity index (χ1) is 9.50. The Labute approximate surface area is 117 Å². The fourth-order valence-electron chi connectivity index (χ4n) is 2.70. The van der Waals surface area contributed by atoms with Gasteiger partial charge < -0.3 is 5.11 Å². The maximum Gasteiger partial charge on any atom is 0.308 e. The van der Waals surface area contributed by atoms with Gasteiger partial charge in [0.15, 0.2) is 0 Å². The van der Waals surface area contributed by atoms with Crippen molar-refractivity contribution < 1.29 is 18.3 Å². The van der Waals surface area contributed by atoms with Crippen LogP contribution in [0.1, 0.15) is 24.5 Å². The van der Waals surface area contributed by atoms with Crippen molar-refractivity contribution in [2.24, 2.45) is 5.92 Å². The predicted octanol–water partition coefficient (Wildman–Crippen LogP) is 0.674. The van der Waals surface area contributed by atoms with Crippen LogP contribution >= 0.6 is 0 Å². The third kappa shape index (κ3) is 2.31. The van der Waals surface area contributed by atoms with Crippen LogP contribution in [0, 0.1) is 5.92 Å². The highest BCUT2D eigenvalue weighted by Crippen LogP contribution is 2.38. The summed E-state index contributed by atoms with van der Waals surface area (Å²) in [6, 6.07) is 5.31. The quantitative estimate of drug-likeness (QED) is 0.882. The predicted molar refractivity (Wildman–Crippen MR) is 71.6 cm³/mol. The van der Waals surface area contributed by atoms with Gasteiger partial charge >= 0.3 is 5.97 Å². The van der Waals surface area contributed by atoms with E-state index in [4.69, 9.17) is 0 Å². The van der Waals surface area contributed by atoms with Gasteiger partial charge in [-0.05, 0) is 25.0 Å². The van der Waals surface area contributed by atoms with Crippen LogP contribution < -0.4 is 0 Å². The van der Waals surface area contributed by atoms with Gasteiger partial charge in [-0.15, -0.1) is 0 Å². The molecule has 0 unspecified atom stereocenters. The Morgan fingerprint density at radius 3 is 2.60 bits per heavy atom. The number of aliphatic carboxylic acids is 1. The minimum atomic E-state index is -3.33. The minimum absolute atomic E-state index is 0.0510. The van der Waals surface area contributed by atoms with E-state index in [1.165, 1.54) is 4.31 Å². The summed E-state index contributed by atoms with van der Waals surface area (Å²) < 4.78 is 25.8. The molecule has 1 N–H and O–H groups in total.